The SMILES string of the molecule is Cc1[nH]c(=O)n(C(C)CC(C)C)c(=O)c1Br. The predicted molar refractivity (Wildman–Crippen MR) is 67.9 cm³/mol. The van der Waals surface area contributed by atoms with Gasteiger partial charge in [0.2, 0.25) is 0 Å². The van der Waals surface area contributed by atoms with E-state index in [1.54, 1.807) is 6.92 Å². The summed E-state index contributed by atoms with van der Waals surface area (Å²) >= 11 is 3.20. The van der Waals surface area contributed by atoms with Gasteiger partial charge in [-0.25, -0.2) is 4.79 Å². The van der Waals surface area contributed by atoms with Gasteiger partial charge in [0.15, 0.2) is 0 Å². The minimum Gasteiger partial charge on any atom is -0.310 e. The van der Waals surface area contributed by atoms with Crippen molar-refractivity contribution < 1.29 is 0 Å². The summed E-state index contributed by atoms with van der Waals surface area (Å²) < 4.78 is 1.71. The van der Waals surface area contributed by atoms with Crippen molar-refractivity contribution in [2.75, 3.05) is 0 Å². The van der Waals surface area contributed by atoms with Crippen LogP contribution in [-0.2, 0) is 0 Å². The van der Waals surface area contributed by atoms with Gasteiger partial charge in [-0.15, -0.1) is 0 Å². The van der Waals surface area contributed by atoms with E-state index >= 15 is 0 Å². The first-order chi connectivity index (χ1) is 7.34. The standard InChI is InChI=1S/C11H17BrN2O2/c1-6(2)5-7(3)14-10(15)9(12)8(4)13-11(14)16/h6-7H,5H2,1-4H3,(H,13,16). The molecular weight excluding hydrogens is 272 g/mol. The first-order valence-corrected chi connectivity index (χ1v) is 6.14. The largest absolute Gasteiger partial charge is 0.328 e. The summed E-state index contributed by atoms with van der Waals surface area (Å²) in [7, 11) is 0. The third-order valence-corrected chi connectivity index (χ3v) is 3.44. The van der Waals surface area contributed by atoms with Crippen LogP contribution in [0.25, 0.3) is 0 Å². The molecule has 0 radical (unpaired) electrons. The number of rotatable bonds is 3. The van der Waals surface area contributed by atoms with Crippen LogP contribution in [0.2, 0.25) is 0 Å². The van der Waals surface area contributed by atoms with Crippen molar-refractivity contribution in [3.05, 3.63) is 31.0 Å². The number of nitrogens with zero attached hydrogens (tertiary/aromatic N) is 1. The highest BCUT2D eigenvalue weighted by Crippen LogP contribution is 2.14. The quantitative estimate of drug-likeness (QED) is 0.927. The van der Waals surface area contributed by atoms with Crippen LogP contribution in [0.5, 0.6) is 0 Å². The van der Waals surface area contributed by atoms with Crippen molar-refractivity contribution in [3.8, 4) is 0 Å². The van der Waals surface area contributed by atoms with E-state index < -0.39 is 0 Å². The van der Waals surface area contributed by atoms with Crippen molar-refractivity contribution in [1.29, 1.82) is 0 Å². The van der Waals surface area contributed by atoms with E-state index in [0.29, 0.717) is 16.1 Å². The Bertz CT molecular complexity index is 488. The molecule has 0 amide bonds. The number of H-pyrrole nitrogens is 1. The van der Waals surface area contributed by atoms with Crippen molar-refractivity contribution in [2.45, 2.75) is 40.2 Å². The number of nitrogens with one attached hydrogen (secondary N) is 1. The molecular formula is C11H17BrN2O2. The fourth-order valence-electron chi connectivity index (χ4n) is 1.82. The third kappa shape index (κ3) is 2.64. The normalized spacial score (nSPS) is 13.1. The number of hydrogen-bond acceptors (Lipinski definition) is 2. The highest BCUT2D eigenvalue weighted by atomic mass is 79.9. The van der Waals surface area contributed by atoms with Gasteiger partial charge in [-0.1, -0.05) is 13.8 Å². The Morgan fingerprint density at radius 1 is 1.31 bits per heavy atom. The molecule has 1 aromatic rings. The van der Waals surface area contributed by atoms with Crippen molar-refractivity contribution >= 4 is 15.9 Å². The monoisotopic (exact) mass is 288 g/mol. The summed E-state index contributed by atoms with van der Waals surface area (Å²) in [4.78, 5) is 26.3. The number of aryl methyl sites for hydroxylation is 1. The maximum atomic E-state index is 11.9. The average Bonchev–Trinajstić information content (AvgIpc) is 2.13. The Morgan fingerprint density at radius 2 is 1.88 bits per heavy atom. The van der Waals surface area contributed by atoms with E-state index in [-0.39, 0.29) is 17.3 Å². The highest BCUT2D eigenvalue weighted by molar-refractivity contribution is 9.10. The molecule has 4 nitrogen and oxygen atoms in total. The molecule has 0 aliphatic rings. The molecule has 16 heavy (non-hydrogen) atoms. The molecule has 1 N–H and O–H groups in total. The Hall–Kier alpha value is -0.840. The van der Waals surface area contributed by atoms with Crippen molar-refractivity contribution in [1.82, 2.24) is 9.55 Å². The molecule has 0 aliphatic carbocycles. The van der Waals surface area contributed by atoms with Gasteiger partial charge < -0.3 is 4.98 Å². The average molecular weight is 289 g/mol. The molecule has 90 valence electrons. The summed E-state index contributed by atoms with van der Waals surface area (Å²) in [6.45, 7) is 7.72. The lowest BCUT2D eigenvalue weighted by Gasteiger charge is -2.16. The van der Waals surface area contributed by atoms with Crippen LogP contribution in [-0.4, -0.2) is 9.55 Å². The van der Waals surface area contributed by atoms with Crippen molar-refractivity contribution in [2.24, 2.45) is 5.92 Å². The number of halogens is 1. The van der Waals surface area contributed by atoms with Gasteiger partial charge in [0.25, 0.3) is 5.56 Å². The van der Waals surface area contributed by atoms with Crippen LogP contribution < -0.4 is 11.2 Å². The van der Waals surface area contributed by atoms with Gasteiger partial charge in [0, 0.05) is 11.7 Å². The zero-order valence-electron chi connectivity index (χ0n) is 10.0. The van der Waals surface area contributed by atoms with Crippen LogP contribution >= 0.6 is 15.9 Å². The minimum absolute atomic E-state index is 0.0897. The van der Waals surface area contributed by atoms with Gasteiger partial charge in [0.05, 0.1) is 0 Å². The molecule has 0 bridgehead atoms. The summed E-state index contributed by atoms with van der Waals surface area (Å²) in [5.74, 6) is 0.446. The van der Waals surface area contributed by atoms with Gasteiger partial charge in [-0.2, -0.15) is 0 Å². The lowest BCUT2D eigenvalue weighted by molar-refractivity contribution is 0.404. The van der Waals surface area contributed by atoms with E-state index in [1.165, 1.54) is 4.57 Å². The minimum atomic E-state index is -0.334. The molecule has 1 aromatic heterocycles. The van der Waals surface area contributed by atoms with Crippen LogP contribution in [0.15, 0.2) is 14.1 Å². The van der Waals surface area contributed by atoms with E-state index in [9.17, 15) is 9.59 Å². The molecule has 0 aliphatic heterocycles. The van der Waals surface area contributed by atoms with Crippen LogP contribution in [0.4, 0.5) is 0 Å². The van der Waals surface area contributed by atoms with Crippen molar-refractivity contribution in [3.63, 3.8) is 0 Å². The third-order valence-electron chi connectivity index (χ3n) is 2.50. The second kappa shape index (κ2) is 4.99. The van der Waals surface area contributed by atoms with Gasteiger partial charge in [-0.3, -0.25) is 9.36 Å². The second-order valence-corrected chi connectivity index (χ2v) is 5.32. The maximum Gasteiger partial charge on any atom is 0.328 e. The molecule has 0 fully saturated rings. The highest BCUT2D eigenvalue weighted by Gasteiger charge is 2.15. The summed E-state index contributed by atoms with van der Waals surface area (Å²) in [6.07, 6.45) is 0.804. The summed E-state index contributed by atoms with van der Waals surface area (Å²) in [5.41, 5.74) is -0.0174. The zero-order chi connectivity index (χ0) is 12.5. The number of aromatic amines is 1. The van der Waals surface area contributed by atoms with E-state index in [1.807, 2.05) is 6.92 Å². The Balaban J connectivity index is 3.30. The first kappa shape index (κ1) is 13.2. The molecule has 1 heterocycles. The van der Waals surface area contributed by atoms with E-state index in [4.69, 9.17) is 0 Å². The predicted octanol–water partition coefficient (Wildman–Crippen LogP) is 2.21. The van der Waals surface area contributed by atoms with Gasteiger partial charge in [-0.05, 0) is 42.1 Å². The number of hydrogen-bond donors (Lipinski definition) is 1. The van der Waals surface area contributed by atoms with Crippen LogP contribution in [0.3, 0.4) is 0 Å². The Labute approximate surface area is 103 Å². The molecule has 5 heteroatoms. The lowest BCUT2D eigenvalue weighted by Crippen LogP contribution is -2.38. The first-order valence-electron chi connectivity index (χ1n) is 5.35. The van der Waals surface area contributed by atoms with Gasteiger partial charge >= 0.3 is 5.69 Å². The lowest BCUT2D eigenvalue weighted by atomic mass is 10.1. The molecule has 0 aromatic carbocycles. The number of aromatic nitrogens is 2. The summed E-state index contributed by atoms with van der Waals surface area (Å²) in [5, 5.41) is 0. The molecule has 1 rings (SSSR count). The molecule has 0 spiro atoms. The fraction of sp³-hybridized carbons (Fsp3) is 0.636. The van der Waals surface area contributed by atoms with Gasteiger partial charge in [0.1, 0.15) is 4.47 Å². The Morgan fingerprint density at radius 3 is 2.38 bits per heavy atom. The second-order valence-electron chi connectivity index (χ2n) is 4.52. The maximum absolute atomic E-state index is 11.9. The fourth-order valence-corrected chi connectivity index (χ4v) is 2.11. The zero-order valence-corrected chi connectivity index (χ0v) is 11.6. The van der Waals surface area contributed by atoms with E-state index in [0.717, 1.165) is 6.42 Å². The van der Waals surface area contributed by atoms with Crippen LogP contribution in [0.1, 0.15) is 38.9 Å². The Kier molecular flexibility index (Phi) is 4.13. The smallest absolute Gasteiger partial charge is 0.310 e. The molecule has 0 saturated carbocycles. The van der Waals surface area contributed by atoms with Crippen LogP contribution in [0, 0.1) is 12.8 Å². The molecule has 0 saturated heterocycles. The topological polar surface area (TPSA) is 54.9 Å². The molecule has 1 unspecified atom stereocenters. The van der Waals surface area contributed by atoms with E-state index in [2.05, 4.69) is 34.8 Å². The molecule has 1 atom stereocenters. The summed E-state index contributed by atoms with van der Waals surface area (Å²) in [6, 6.07) is -0.0897.